The van der Waals surface area contributed by atoms with Crippen molar-refractivity contribution in [3.63, 3.8) is 0 Å². The lowest BCUT2D eigenvalue weighted by Gasteiger charge is -2.12. The van der Waals surface area contributed by atoms with Crippen LogP contribution < -0.4 is 5.32 Å². The number of hydrogen-bond donors (Lipinski definition) is 2. The molecule has 0 aliphatic rings. The van der Waals surface area contributed by atoms with Crippen molar-refractivity contribution < 1.29 is 14.6 Å². The SMILES string of the molecule is COC(=O)c1ccc(CNCC(O)c2ccc(C)cc2)cc1. The molecule has 0 aromatic heterocycles. The van der Waals surface area contributed by atoms with Gasteiger partial charge in [-0.3, -0.25) is 0 Å². The van der Waals surface area contributed by atoms with E-state index in [9.17, 15) is 9.90 Å². The molecule has 2 rings (SSSR count). The summed E-state index contributed by atoms with van der Waals surface area (Å²) in [6.45, 7) is 3.12. The van der Waals surface area contributed by atoms with Crippen molar-refractivity contribution in [2.75, 3.05) is 13.7 Å². The Morgan fingerprint density at radius 1 is 1.14 bits per heavy atom. The average molecular weight is 299 g/mol. The second-order valence-electron chi connectivity index (χ2n) is 5.25. The Balaban J connectivity index is 1.83. The summed E-state index contributed by atoms with van der Waals surface area (Å²) in [7, 11) is 1.37. The molecule has 0 saturated carbocycles. The third-order valence-electron chi connectivity index (χ3n) is 3.50. The number of aliphatic hydroxyl groups excluding tert-OH is 1. The number of hydrogen-bond acceptors (Lipinski definition) is 4. The molecule has 0 saturated heterocycles. The second kappa shape index (κ2) is 7.73. The molecule has 0 amide bonds. The Bertz CT molecular complexity index is 605. The summed E-state index contributed by atoms with van der Waals surface area (Å²) in [5.41, 5.74) is 3.66. The number of aliphatic hydroxyl groups is 1. The van der Waals surface area contributed by atoms with E-state index in [2.05, 4.69) is 10.1 Å². The first-order valence-corrected chi connectivity index (χ1v) is 7.23. The van der Waals surface area contributed by atoms with Gasteiger partial charge in [0.05, 0.1) is 18.8 Å². The number of ether oxygens (including phenoxy) is 1. The molecule has 0 bridgehead atoms. The Morgan fingerprint density at radius 3 is 2.36 bits per heavy atom. The van der Waals surface area contributed by atoms with Crippen molar-refractivity contribution in [3.8, 4) is 0 Å². The van der Waals surface area contributed by atoms with Gasteiger partial charge in [-0.15, -0.1) is 0 Å². The summed E-state index contributed by atoms with van der Waals surface area (Å²) in [4.78, 5) is 11.3. The fourth-order valence-corrected chi connectivity index (χ4v) is 2.14. The van der Waals surface area contributed by atoms with Crippen molar-refractivity contribution >= 4 is 5.97 Å². The van der Waals surface area contributed by atoms with Crippen LogP contribution in [0.2, 0.25) is 0 Å². The molecule has 0 radical (unpaired) electrons. The molecule has 4 heteroatoms. The Kier molecular flexibility index (Phi) is 5.69. The van der Waals surface area contributed by atoms with Gasteiger partial charge in [0.2, 0.25) is 0 Å². The lowest BCUT2D eigenvalue weighted by atomic mass is 10.1. The monoisotopic (exact) mass is 299 g/mol. The van der Waals surface area contributed by atoms with Crippen LogP contribution in [0.1, 0.15) is 33.2 Å². The van der Waals surface area contributed by atoms with Gasteiger partial charge in [-0.1, -0.05) is 42.0 Å². The van der Waals surface area contributed by atoms with Gasteiger partial charge in [-0.2, -0.15) is 0 Å². The van der Waals surface area contributed by atoms with Crippen molar-refractivity contribution in [2.24, 2.45) is 0 Å². The van der Waals surface area contributed by atoms with Gasteiger partial charge in [-0.05, 0) is 30.2 Å². The standard InChI is InChI=1S/C18H21NO3/c1-13-3-7-15(8-4-13)17(20)12-19-11-14-5-9-16(10-6-14)18(21)22-2/h3-10,17,19-20H,11-12H2,1-2H3. The van der Waals surface area contributed by atoms with Crippen LogP contribution in [0.5, 0.6) is 0 Å². The minimum Gasteiger partial charge on any atom is -0.465 e. The van der Waals surface area contributed by atoms with E-state index in [-0.39, 0.29) is 5.97 Å². The summed E-state index contributed by atoms with van der Waals surface area (Å²) >= 11 is 0. The Hall–Kier alpha value is -2.17. The van der Waals surface area contributed by atoms with E-state index in [1.54, 1.807) is 12.1 Å². The molecule has 4 nitrogen and oxygen atoms in total. The summed E-state index contributed by atoms with van der Waals surface area (Å²) in [6.07, 6.45) is -0.532. The minimum atomic E-state index is -0.532. The maximum Gasteiger partial charge on any atom is 0.337 e. The number of carbonyl (C=O) groups excluding carboxylic acids is 1. The van der Waals surface area contributed by atoms with Crippen molar-refractivity contribution in [3.05, 3.63) is 70.8 Å². The normalized spacial score (nSPS) is 12.0. The molecule has 22 heavy (non-hydrogen) atoms. The molecule has 2 N–H and O–H groups in total. The van der Waals surface area contributed by atoms with Crippen LogP contribution in [0, 0.1) is 6.92 Å². The van der Waals surface area contributed by atoms with Gasteiger partial charge in [0, 0.05) is 13.1 Å². The fraction of sp³-hybridized carbons (Fsp3) is 0.278. The van der Waals surface area contributed by atoms with E-state index in [1.165, 1.54) is 12.7 Å². The number of carbonyl (C=O) groups is 1. The minimum absolute atomic E-state index is 0.339. The van der Waals surface area contributed by atoms with Crippen LogP contribution >= 0.6 is 0 Å². The van der Waals surface area contributed by atoms with E-state index in [0.29, 0.717) is 18.7 Å². The van der Waals surface area contributed by atoms with Crippen LogP contribution in [0.4, 0.5) is 0 Å². The fourth-order valence-electron chi connectivity index (χ4n) is 2.14. The first-order chi connectivity index (χ1) is 10.6. The summed E-state index contributed by atoms with van der Waals surface area (Å²) in [6, 6.07) is 15.1. The molecule has 0 fully saturated rings. The third kappa shape index (κ3) is 4.41. The second-order valence-corrected chi connectivity index (χ2v) is 5.25. The number of benzene rings is 2. The van der Waals surface area contributed by atoms with Gasteiger partial charge < -0.3 is 15.2 Å². The lowest BCUT2D eigenvalue weighted by Crippen LogP contribution is -2.21. The predicted octanol–water partition coefficient (Wildman–Crippen LogP) is 2.60. The largest absolute Gasteiger partial charge is 0.465 e. The van der Waals surface area contributed by atoms with Gasteiger partial charge in [-0.25, -0.2) is 4.79 Å². The van der Waals surface area contributed by atoms with Crippen LogP contribution in [0.25, 0.3) is 0 Å². The van der Waals surface area contributed by atoms with Gasteiger partial charge in [0.25, 0.3) is 0 Å². The molecule has 0 spiro atoms. The predicted molar refractivity (Wildman–Crippen MR) is 85.6 cm³/mol. The van der Waals surface area contributed by atoms with Gasteiger partial charge >= 0.3 is 5.97 Å². The van der Waals surface area contributed by atoms with E-state index < -0.39 is 6.10 Å². The zero-order valence-electron chi connectivity index (χ0n) is 12.9. The highest BCUT2D eigenvalue weighted by molar-refractivity contribution is 5.89. The number of esters is 1. The molecule has 1 atom stereocenters. The Morgan fingerprint density at radius 2 is 1.77 bits per heavy atom. The van der Waals surface area contributed by atoms with E-state index in [0.717, 1.165) is 11.1 Å². The molecule has 1 unspecified atom stereocenters. The average Bonchev–Trinajstić information content (AvgIpc) is 2.55. The van der Waals surface area contributed by atoms with E-state index in [4.69, 9.17) is 0 Å². The molecule has 0 heterocycles. The number of methoxy groups -OCH3 is 1. The van der Waals surface area contributed by atoms with Crippen molar-refractivity contribution in [1.82, 2.24) is 5.32 Å². The number of aryl methyl sites for hydroxylation is 1. The topological polar surface area (TPSA) is 58.6 Å². The van der Waals surface area contributed by atoms with Crippen LogP contribution in [0.15, 0.2) is 48.5 Å². The molecule has 2 aromatic carbocycles. The summed E-state index contributed by atoms with van der Waals surface area (Å²) < 4.78 is 4.66. The quantitative estimate of drug-likeness (QED) is 0.805. The van der Waals surface area contributed by atoms with E-state index >= 15 is 0 Å². The Labute approximate surface area is 130 Å². The zero-order chi connectivity index (χ0) is 15.9. The summed E-state index contributed by atoms with van der Waals surface area (Å²) in [5, 5.41) is 13.3. The summed E-state index contributed by atoms with van der Waals surface area (Å²) in [5.74, 6) is -0.339. The van der Waals surface area contributed by atoms with Crippen LogP contribution in [-0.4, -0.2) is 24.7 Å². The van der Waals surface area contributed by atoms with Gasteiger partial charge in [0.15, 0.2) is 0 Å². The number of nitrogens with one attached hydrogen (secondary N) is 1. The highest BCUT2D eigenvalue weighted by atomic mass is 16.5. The molecule has 0 aliphatic carbocycles. The molecule has 116 valence electrons. The highest BCUT2D eigenvalue weighted by Gasteiger charge is 2.07. The zero-order valence-corrected chi connectivity index (χ0v) is 12.9. The first-order valence-electron chi connectivity index (χ1n) is 7.23. The molecular weight excluding hydrogens is 278 g/mol. The molecular formula is C18H21NO3. The first kappa shape index (κ1) is 16.2. The van der Waals surface area contributed by atoms with E-state index in [1.807, 2.05) is 43.3 Å². The van der Waals surface area contributed by atoms with Crippen molar-refractivity contribution in [2.45, 2.75) is 19.6 Å². The van der Waals surface area contributed by atoms with Crippen molar-refractivity contribution in [1.29, 1.82) is 0 Å². The van der Waals surface area contributed by atoms with Gasteiger partial charge in [0.1, 0.15) is 0 Å². The smallest absolute Gasteiger partial charge is 0.337 e. The van der Waals surface area contributed by atoms with Crippen LogP contribution in [-0.2, 0) is 11.3 Å². The molecule has 0 aliphatic heterocycles. The molecule has 2 aromatic rings. The third-order valence-corrected chi connectivity index (χ3v) is 3.50. The van der Waals surface area contributed by atoms with Crippen LogP contribution in [0.3, 0.4) is 0 Å². The maximum atomic E-state index is 11.3. The highest BCUT2D eigenvalue weighted by Crippen LogP contribution is 2.13. The number of rotatable bonds is 6. The maximum absolute atomic E-state index is 11.3. The lowest BCUT2D eigenvalue weighted by molar-refractivity contribution is 0.0600.